The maximum atomic E-state index is 10.4. The normalized spacial score (nSPS) is 22.0. The molecule has 0 aliphatic carbocycles. The Labute approximate surface area is 252 Å². The van der Waals surface area contributed by atoms with E-state index in [1.54, 1.807) is 12.1 Å². The molecule has 8 nitrogen and oxygen atoms in total. The summed E-state index contributed by atoms with van der Waals surface area (Å²) in [7, 11) is 2.15. The number of pyridine rings is 1. The molecule has 0 spiro atoms. The van der Waals surface area contributed by atoms with Gasteiger partial charge in [0, 0.05) is 43.0 Å². The molecule has 0 amide bonds. The van der Waals surface area contributed by atoms with Crippen molar-refractivity contribution in [3.05, 3.63) is 48.7 Å². The second-order valence-corrected chi connectivity index (χ2v) is 10.8. The number of anilines is 1. The van der Waals surface area contributed by atoms with Crippen molar-refractivity contribution in [1.82, 2.24) is 25.2 Å². The first-order valence-corrected chi connectivity index (χ1v) is 13.3. The van der Waals surface area contributed by atoms with Gasteiger partial charge < -0.3 is 25.0 Å². The maximum absolute atomic E-state index is 10.4. The number of fused-ring (bicyclic) bond motifs is 4. The minimum absolute atomic E-state index is 0. The maximum Gasteiger partial charge on any atom is 0.319 e. The number of rotatable bonds is 5. The molecule has 3 atom stereocenters. The quantitative estimate of drug-likeness (QED) is 0.320. The van der Waals surface area contributed by atoms with Crippen molar-refractivity contribution >= 4 is 64.7 Å². The molecule has 2 N–H and O–H groups in total. The average molecular weight is 606 g/mol. The fraction of sp³-hybridized carbons (Fsp3) is 0.414. The molecule has 3 fully saturated rings. The Morgan fingerprint density at radius 3 is 2.50 bits per heavy atom. The van der Waals surface area contributed by atoms with Crippen molar-refractivity contribution in [2.24, 2.45) is 0 Å². The third-order valence-electron chi connectivity index (χ3n) is 8.26. The number of benzene rings is 2. The second-order valence-electron chi connectivity index (χ2n) is 10.8. The highest BCUT2D eigenvalue weighted by atomic mass is 35.5. The molecule has 40 heavy (non-hydrogen) atoms. The fourth-order valence-corrected chi connectivity index (χ4v) is 6.28. The van der Waals surface area contributed by atoms with Gasteiger partial charge in [-0.25, -0.2) is 0 Å². The van der Waals surface area contributed by atoms with Gasteiger partial charge in [-0.15, -0.1) is 37.2 Å². The molecule has 214 valence electrons. The standard InChI is InChI=1S/C29H32N6O2.3ClH/c1-34-10-4-6-21(34)17-37-29-32-27-13-26(24-12-22(36)11-18-5-2-3-7-23(18)24)30-14-25(27)28(33-29)35-15-19-8-9-20(16-35)31-19;;;/h2-3,5,7,11-14,19-21,31,36H,4,6,8-10,15-17H2,1H3;3*1H/t19-,20+,21-;;;/m0.../s1. The first kappa shape index (κ1) is 30.3. The summed E-state index contributed by atoms with van der Waals surface area (Å²) in [6.07, 6.45) is 6.63. The number of aromatic nitrogens is 3. The summed E-state index contributed by atoms with van der Waals surface area (Å²) in [5.74, 6) is 1.12. The summed E-state index contributed by atoms with van der Waals surface area (Å²) < 4.78 is 6.24. The number of likely N-dealkylation sites (tertiary alicyclic amines) is 1. The summed E-state index contributed by atoms with van der Waals surface area (Å²) in [6, 6.07) is 15.4. The van der Waals surface area contributed by atoms with Crippen LogP contribution in [0, 0.1) is 0 Å². The lowest BCUT2D eigenvalue weighted by atomic mass is 10.0. The van der Waals surface area contributed by atoms with E-state index in [0.717, 1.165) is 64.8 Å². The average Bonchev–Trinajstić information content (AvgIpc) is 3.49. The number of phenolic OH excluding ortho intramolecular Hbond substituents is 1. The van der Waals surface area contributed by atoms with Gasteiger partial charge in [-0.05, 0) is 68.2 Å². The van der Waals surface area contributed by atoms with Gasteiger partial charge in [0.2, 0.25) is 0 Å². The Bertz CT molecular complexity index is 1480. The topological polar surface area (TPSA) is 86.6 Å². The summed E-state index contributed by atoms with van der Waals surface area (Å²) >= 11 is 0. The zero-order chi connectivity index (χ0) is 24.9. The van der Waals surface area contributed by atoms with E-state index in [9.17, 15) is 5.11 Å². The molecule has 0 unspecified atom stereocenters. The number of ether oxygens (including phenoxy) is 1. The largest absolute Gasteiger partial charge is 0.508 e. The van der Waals surface area contributed by atoms with Gasteiger partial charge in [-0.3, -0.25) is 4.98 Å². The van der Waals surface area contributed by atoms with Crippen LogP contribution in [0.4, 0.5) is 5.82 Å². The molecular formula is C29H35Cl3N6O2. The van der Waals surface area contributed by atoms with Crippen LogP contribution in [-0.4, -0.2) is 76.4 Å². The van der Waals surface area contributed by atoms with Crippen LogP contribution < -0.4 is 15.0 Å². The summed E-state index contributed by atoms with van der Waals surface area (Å²) in [5, 5.41) is 17.1. The van der Waals surface area contributed by atoms with Crippen LogP contribution in [0.15, 0.2) is 48.7 Å². The number of phenols is 1. The summed E-state index contributed by atoms with van der Waals surface area (Å²) in [5.41, 5.74) is 2.46. The molecule has 0 radical (unpaired) electrons. The van der Waals surface area contributed by atoms with Crippen LogP contribution in [0.3, 0.4) is 0 Å². The second kappa shape index (κ2) is 12.5. The SMILES string of the molecule is CN1CCC[C@H]1COc1nc(N2C[C@H]3CC[C@@H](C2)N3)c2cnc(-c3cc(O)cc4ccccc34)cc2n1.Cl.Cl.Cl. The van der Waals surface area contributed by atoms with Crippen LogP contribution in [0.1, 0.15) is 25.7 Å². The third kappa shape index (κ3) is 5.74. The Morgan fingerprint density at radius 2 is 1.75 bits per heavy atom. The Kier molecular flexibility index (Phi) is 9.47. The van der Waals surface area contributed by atoms with E-state index in [4.69, 9.17) is 19.7 Å². The van der Waals surface area contributed by atoms with Gasteiger partial charge in [-0.2, -0.15) is 9.97 Å². The Morgan fingerprint density at radius 1 is 0.975 bits per heavy atom. The van der Waals surface area contributed by atoms with Crippen molar-refractivity contribution in [3.63, 3.8) is 0 Å². The lowest BCUT2D eigenvalue weighted by molar-refractivity contribution is 0.188. The number of halogens is 3. The predicted octanol–water partition coefficient (Wildman–Crippen LogP) is 5.23. The molecule has 0 saturated carbocycles. The van der Waals surface area contributed by atoms with E-state index >= 15 is 0 Å². The molecular weight excluding hydrogens is 571 g/mol. The zero-order valence-corrected chi connectivity index (χ0v) is 24.8. The fourth-order valence-electron chi connectivity index (χ4n) is 6.28. The molecule has 3 aliphatic heterocycles. The van der Waals surface area contributed by atoms with Gasteiger partial charge in [0.1, 0.15) is 18.2 Å². The molecule has 3 saturated heterocycles. The van der Waals surface area contributed by atoms with Crippen LogP contribution in [0.2, 0.25) is 0 Å². The molecule has 2 bridgehead atoms. The number of hydrogen-bond donors (Lipinski definition) is 2. The van der Waals surface area contributed by atoms with Crippen molar-refractivity contribution in [1.29, 1.82) is 0 Å². The highest BCUT2D eigenvalue weighted by Gasteiger charge is 2.34. The Hall–Kier alpha value is -2.62. The predicted molar refractivity (Wildman–Crippen MR) is 167 cm³/mol. The highest BCUT2D eigenvalue weighted by Crippen LogP contribution is 2.35. The Balaban J connectivity index is 0.00000123. The first-order chi connectivity index (χ1) is 18.1. The van der Waals surface area contributed by atoms with E-state index in [1.165, 1.54) is 19.3 Å². The number of nitrogens with zero attached hydrogens (tertiary/aromatic N) is 5. The van der Waals surface area contributed by atoms with Gasteiger partial charge >= 0.3 is 6.01 Å². The number of aromatic hydroxyl groups is 1. The number of hydrogen-bond acceptors (Lipinski definition) is 8. The molecule has 11 heteroatoms. The van der Waals surface area contributed by atoms with Crippen LogP contribution >= 0.6 is 37.2 Å². The minimum atomic E-state index is 0. The molecule has 2 aromatic heterocycles. The van der Waals surface area contributed by atoms with Crippen molar-refractivity contribution < 1.29 is 9.84 Å². The number of piperazine rings is 1. The molecule has 4 aromatic rings. The monoisotopic (exact) mass is 604 g/mol. The summed E-state index contributed by atoms with van der Waals surface area (Å²) in [4.78, 5) is 19.4. The van der Waals surface area contributed by atoms with E-state index in [2.05, 4.69) is 28.2 Å². The molecule has 2 aromatic carbocycles. The van der Waals surface area contributed by atoms with Gasteiger partial charge in [0.05, 0.1) is 16.6 Å². The van der Waals surface area contributed by atoms with Crippen LogP contribution in [0.5, 0.6) is 11.8 Å². The van der Waals surface area contributed by atoms with Crippen molar-refractivity contribution in [2.45, 2.75) is 43.8 Å². The third-order valence-corrected chi connectivity index (χ3v) is 8.26. The lowest BCUT2D eigenvalue weighted by Gasteiger charge is -2.34. The lowest BCUT2D eigenvalue weighted by Crippen LogP contribution is -2.51. The van der Waals surface area contributed by atoms with Gasteiger partial charge in [0.25, 0.3) is 0 Å². The minimum Gasteiger partial charge on any atom is -0.508 e. The van der Waals surface area contributed by atoms with Crippen LogP contribution in [-0.2, 0) is 0 Å². The van der Waals surface area contributed by atoms with Gasteiger partial charge in [-0.1, -0.05) is 24.3 Å². The van der Waals surface area contributed by atoms with Crippen molar-refractivity contribution in [2.75, 3.05) is 38.2 Å². The van der Waals surface area contributed by atoms with Crippen molar-refractivity contribution in [3.8, 4) is 23.0 Å². The van der Waals surface area contributed by atoms with Crippen LogP contribution in [0.25, 0.3) is 32.9 Å². The van der Waals surface area contributed by atoms with E-state index in [0.29, 0.717) is 30.7 Å². The number of likely N-dealkylation sites (N-methyl/N-ethyl adjacent to an activating group) is 1. The zero-order valence-electron chi connectivity index (χ0n) is 22.3. The molecule has 3 aliphatic rings. The highest BCUT2D eigenvalue weighted by molar-refractivity contribution is 5.99. The molecule has 5 heterocycles. The van der Waals surface area contributed by atoms with E-state index < -0.39 is 0 Å². The molecule has 7 rings (SSSR count). The van der Waals surface area contributed by atoms with Gasteiger partial charge in [0.15, 0.2) is 0 Å². The number of nitrogens with one attached hydrogen (secondary N) is 1. The first-order valence-electron chi connectivity index (χ1n) is 13.3. The smallest absolute Gasteiger partial charge is 0.319 e. The summed E-state index contributed by atoms with van der Waals surface area (Å²) in [6.45, 7) is 3.54. The van der Waals surface area contributed by atoms with E-state index in [-0.39, 0.29) is 43.0 Å². The van der Waals surface area contributed by atoms with E-state index in [1.807, 2.05) is 30.5 Å².